The van der Waals surface area contributed by atoms with Crippen LogP contribution in [-0.4, -0.2) is 19.5 Å². The number of aryl methyl sites for hydroxylation is 1. The van der Waals surface area contributed by atoms with Crippen LogP contribution in [0.2, 0.25) is 0 Å². The standard InChI is InChI=1S/C10H18O2.C7H8/c1-8(11)4-5-9-6-10(9,2)7-12-3;1-7-5-3-2-4-6-7/h9H,4-7H2,1-3H3;2-6H,1H3. The van der Waals surface area contributed by atoms with Crippen LogP contribution in [0.4, 0.5) is 0 Å². The fraction of sp³-hybridized carbons (Fsp3) is 0.588. The molecular formula is C17H26O2. The molecule has 0 aliphatic heterocycles. The third-order valence-electron chi connectivity index (χ3n) is 3.80. The Bertz CT molecular complexity index is 386. The molecule has 0 aromatic heterocycles. The Hall–Kier alpha value is -1.15. The van der Waals surface area contributed by atoms with Gasteiger partial charge in [0.05, 0.1) is 6.61 Å². The van der Waals surface area contributed by atoms with E-state index in [9.17, 15) is 4.79 Å². The van der Waals surface area contributed by atoms with E-state index in [1.807, 2.05) is 18.2 Å². The first kappa shape index (κ1) is 15.9. The summed E-state index contributed by atoms with van der Waals surface area (Å²) >= 11 is 0. The van der Waals surface area contributed by atoms with Crippen molar-refractivity contribution in [1.82, 2.24) is 0 Å². The summed E-state index contributed by atoms with van der Waals surface area (Å²) in [7, 11) is 1.74. The Balaban J connectivity index is 0.000000218. The predicted octanol–water partition coefficient (Wildman–Crippen LogP) is 4.02. The van der Waals surface area contributed by atoms with Gasteiger partial charge in [0, 0.05) is 13.5 Å². The molecule has 2 nitrogen and oxygen atoms in total. The van der Waals surface area contributed by atoms with Gasteiger partial charge in [-0.2, -0.15) is 0 Å². The van der Waals surface area contributed by atoms with Gasteiger partial charge in [-0.1, -0.05) is 42.8 Å². The van der Waals surface area contributed by atoms with Gasteiger partial charge in [0.25, 0.3) is 0 Å². The Labute approximate surface area is 117 Å². The minimum Gasteiger partial charge on any atom is -0.384 e. The molecular weight excluding hydrogens is 236 g/mol. The van der Waals surface area contributed by atoms with Crippen LogP contribution in [0.15, 0.2) is 30.3 Å². The van der Waals surface area contributed by atoms with Crippen LogP contribution in [0.3, 0.4) is 0 Å². The summed E-state index contributed by atoms with van der Waals surface area (Å²) in [5.74, 6) is 1.03. The average Bonchev–Trinajstić information content (AvgIpc) is 2.99. The minimum absolute atomic E-state index is 0.307. The van der Waals surface area contributed by atoms with Crippen LogP contribution in [0.1, 0.15) is 38.7 Å². The molecule has 0 N–H and O–H groups in total. The van der Waals surface area contributed by atoms with Crippen LogP contribution in [0.5, 0.6) is 0 Å². The molecule has 2 heteroatoms. The van der Waals surface area contributed by atoms with Crippen molar-refractivity contribution in [2.45, 2.75) is 40.0 Å². The topological polar surface area (TPSA) is 26.3 Å². The van der Waals surface area contributed by atoms with E-state index < -0.39 is 0 Å². The maximum absolute atomic E-state index is 10.7. The van der Waals surface area contributed by atoms with Crippen molar-refractivity contribution in [3.8, 4) is 0 Å². The molecule has 0 bridgehead atoms. The summed E-state index contributed by atoms with van der Waals surface area (Å²) in [5.41, 5.74) is 1.70. The summed E-state index contributed by atoms with van der Waals surface area (Å²) in [6.45, 7) is 6.83. The van der Waals surface area contributed by atoms with E-state index in [1.165, 1.54) is 12.0 Å². The van der Waals surface area contributed by atoms with Gasteiger partial charge >= 0.3 is 0 Å². The van der Waals surface area contributed by atoms with Crippen LogP contribution in [0.25, 0.3) is 0 Å². The zero-order chi connectivity index (χ0) is 14.3. The van der Waals surface area contributed by atoms with Crippen molar-refractivity contribution in [2.24, 2.45) is 11.3 Å². The molecule has 106 valence electrons. The number of methoxy groups -OCH3 is 1. The van der Waals surface area contributed by atoms with Gasteiger partial charge in [0.15, 0.2) is 0 Å². The molecule has 0 heterocycles. The van der Waals surface area contributed by atoms with E-state index in [4.69, 9.17) is 4.74 Å². The van der Waals surface area contributed by atoms with Crippen molar-refractivity contribution >= 4 is 5.78 Å². The molecule has 1 fully saturated rings. The fourth-order valence-corrected chi connectivity index (χ4v) is 2.37. The van der Waals surface area contributed by atoms with E-state index in [-0.39, 0.29) is 0 Å². The zero-order valence-electron chi connectivity index (χ0n) is 12.6. The molecule has 0 radical (unpaired) electrons. The van der Waals surface area contributed by atoms with Gasteiger partial charge in [-0.05, 0) is 38.0 Å². The van der Waals surface area contributed by atoms with Gasteiger partial charge in [-0.15, -0.1) is 0 Å². The normalized spacial score (nSPS) is 24.3. The first-order valence-corrected chi connectivity index (χ1v) is 6.98. The lowest BCUT2D eigenvalue weighted by atomic mass is 10.0. The highest BCUT2D eigenvalue weighted by Crippen LogP contribution is 2.54. The number of carbonyl (C=O) groups excluding carboxylic acids is 1. The summed E-state index contributed by atoms with van der Waals surface area (Å²) in [4.78, 5) is 10.7. The fourth-order valence-electron chi connectivity index (χ4n) is 2.37. The Kier molecular flexibility index (Phi) is 6.23. The second-order valence-corrected chi connectivity index (χ2v) is 5.88. The number of rotatable bonds is 5. The minimum atomic E-state index is 0.307. The highest BCUT2D eigenvalue weighted by Gasteiger charge is 2.49. The molecule has 2 rings (SSSR count). The Morgan fingerprint density at radius 1 is 1.37 bits per heavy atom. The quantitative estimate of drug-likeness (QED) is 0.801. The molecule has 2 atom stereocenters. The molecule has 0 saturated heterocycles. The van der Waals surface area contributed by atoms with Crippen molar-refractivity contribution in [3.05, 3.63) is 35.9 Å². The molecule has 1 aromatic rings. The molecule has 19 heavy (non-hydrogen) atoms. The summed E-state index contributed by atoms with van der Waals surface area (Å²) in [5, 5.41) is 0. The van der Waals surface area contributed by atoms with Gasteiger partial charge in [0.1, 0.15) is 5.78 Å². The predicted molar refractivity (Wildman–Crippen MR) is 79.2 cm³/mol. The van der Waals surface area contributed by atoms with E-state index in [0.717, 1.165) is 25.4 Å². The van der Waals surface area contributed by atoms with Crippen LogP contribution >= 0.6 is 0 Å². The number of benzene rings is 1. The van der Waals surface area contributed by atoms with Crippen LogP contribution < -0.4 is 0 Å². The van der Waals surface area contributed by atoms with Crippen molar-refractivity contribution < 1.29 is 9.53 Å². The zero-order valence-corrected chi connectivity index (χ0v) is 12.6. The number of hydrogen-bond acceptors (Lipinski definition) is 2. The average molecular weight is 262 g/mol. The Morgan fingerprint density at radius 2 is 2.00 bits per heavy atom. The summed E-state index contributed by atoms with van der Waals surface area (Å²) in [6.07, 6.45) is 3.02. The maximum atomic E-state index is 10.7. The third-order valence-corrected chi connectivity index (χ3v) is 3.80. The smallest absolute Gasteiger partial charge is 0.129 e. The lowest BCUT2D eigenvalue weighted by Gasteiger charge is -2.08. The van der Waals surface area contributed by atoms with Gasteiger partial charge < -0.3 is 9.53 Å². The SMILES string of the molecule is COCC1(C)CC1CCC(C)=O.Cc1ccccc1. The summed E-state index contributed by atoms with van der Waals surface area (Å²) < 4.78 is 5.12. The molecule has 0 spiro atoms. The van der Waals surface area contributed by atoms with E-state index in [2.05, 4.69) is 26.0 Å². The van der Waals surface area contributed by atoms with Crippen molar-refractivity contribution in [3.63, 3.8) is 0 Å². The number of ether oxygens (including phenoxy) is 1. The molecule has 1 aromatic carbocycles. The monoisotopic (exact) mass is 262 g/mol. The number of carbonyl (C=O) groups is 1. The highest BCUT2D eigenvalue weighted by molar-refractivity contribution is 5.75. The number of ketones is 1. The second-order valence-electron chi connectivity index (χ2n) is 5.88. The van der Waals surface area contributed by atoms with E-state index in [1.54, 1.807) is 14.0 Å². The third kappa shape index (κ3) is 6.02. The highest BCUT2D eigenvalue weighted by atomic mass is 16.5. The van der Waals surface area contributed by atoms with E-state index >= 15 is 0 Å². The van der Waals surface area contributed by atoms with Crippen LogP contribution in [-0.2, 0) is 9.53 Å². The molecule has 0 amide bonds. The summed E-state index contributed by atoms with van der Waals surface area (Å²) in [6, 6.07) is 10.3. The molecule has 1 saturated carbocycles. The van der Waals surface area contributed by atoms with Crippen LogP contribution in [0, 0.1) is 18.3 Å². The number of Topliss-reactive ketones (excluding diaryl/α,β-unsaturated/α-hetero) is 1. The maximum Gasteiger partial charge on any atom is 0.129 e. The van der Waals surface area contributed by atoms with Gasteiger partial charge in [-0.25, -0.2) is 0 Å². The lowest BCUT2D eigenvalue weighted by molar-refractivity contribution is -0.117. The molecule has 2 unspecified atom stereocenters. The lowest BCUT2D eigenvalue weighted by Crippen LogP contribution is -2.07. The van der Waals surface area contributed by atoms with Gasteiger partial charge in [-0.3, -0.25) is 0 Å². The largest absolute Gasteiger partial charge is 0.384 e. The van der Waals surface area contributed by atoms with E-state index in [0.29, 0.717) is 11.2 Å². The van der Waals surface area contributed by atoms with Crippen molar-refractivity contribution in [1.29, 1.82) is 0 Å². The van der Waals surface area contributed by atoms with Gasteiger partial charge in [0.2, 0.25) is 0 Å². The molecule has 1 aliphatic rings. The van der Waals surface area contributed by atoms with Crippen molar-refractivity contribution in [2.75, 3.05) is 13.7 Å². The first-order valence-electron chi connectivity index (χ1n) is 6.98. The molecule has 1 aliphatic carbocycles. The second kappa shape index (κ2) is 7.44. The first-order chi connectivity index (χ1) is 8.98. The number of hydrogen-bond donors (Lipinski definition) is 0. The Morgan fingerprint density at radius 3 is 2.42 bits per heavy atom.